The van der Waals surface area contributed by atoms with Crippen LogP contribution in [0.25, 0.3) is 0 Å². The Morgan fingerprint density at radius 3 is 1.47 bits per heavy atom. The zero-order chi connectivity index (χ0) is 27.9. The average Bonchev–Trinajstić information content (AvgIpc) is 2.61. The monoisotopic (exact) mass is 542 g/mol. The predicted molar refractivity (Wildman–Crippen MR) is 78.1 cm³/mol. The molecule has 1 N–H and O–H groups in total. The van der Waals surface area contributed by atoms with Crippen molar-refractivity contribution in [1.82, 2.24) is 0 Å². The van der Waals surface area contributed by atoms with Crippen LogP contribution in [-0.2, 0) is 14.3 Å². The second-order valence-electron chi connectivity index (χ2n) is 6.64. The minimum atomic E-state index is -8.57. The Kier molecular flexibility index (Phi) is 8.75. The normalized spacial score (nSPS) is 16.8. The van der Waals surface area contributed by atoms with Gasteiger partial charge in [-0.25, -0.2) is 9.18 Å². The fourth-order valence-corrected chi connectivity index (χ4v) is 2.14. The van der Waals surface area contributed by atoms with Crippen LogP contribution in [0.1, 0.15) is 13.3 Å². The number of methoxy groups -OCH3 is 1. The Balaban J connectivity index is 6.45. The van der Waals surface area contributed by atoms with Crippen molar-refractivity contribution in [2.75, 3.05) is 7.11 Å². The number of carbonyl (C=O) groups is 1. The third-order valence-corrected chi connectivity index (χ3v) is 4.05. The Morgan fingerprint density at radius 1 is 0.794 bits per heavy atom. The number of hydrogen-bond acceptors (Lipinski definition) is 4. The molecule has 0 saturated heterocycles. The first kappa shape index (κ1) is 32.1. The highest BCUT2D eigenvalue weighted by Crippen LogP contribution is 2.64. The second-order valence-corrected chi connectivity index (χ2v) is 6.64. The van der Waals surface area contributed by atoms with E-state index in [2.05, 4.69) is 16.1 Å². The van der Waals surface area contributed by atoms with Gasteiger partial charge in [0, 0.05) is 19.1 Å². The van der Waals surface area contributed by atoms with Gasteiger partial charge >= 0.3 is 47.7 Å². The van der Waals surface area contributed by atoms with Crippen LogP contribution in [0.3, 0.4) is 0 Å². The SMILES string of the molecule is C=C(C)C(=O)OC(OC)C(O)CC(F)(F)C(F)(F)C(F)(F)C(F)(F)C(F)(C(F)(F)F)C(F)(F)F. The van der Waals surface area contributed by atoms with Gasteiger partial charge in [-0.1, -0.05) is 6.58 Å². The molecule has 0 aromatic rings. The molecule has 0 aromatic carbocycles. The summed E-state index contributed by atoms with van der Waals surface area (Å²) in [5.41, 5.74) is -8.95. The van der Waals surface area contributed by atoms with E-state index >= 15 is 0 Å². The molecule has 19 heteroatoms. The van der Waals surface area contributed by atoms with Crippen LogP contribution >= 0.6 is 0 Å². The molecule has 0 bridgehead atoms. The van der Waals surface area contributed by atoms with Crippen LogP contribution in [-0.4, -0.2) is 72.3 Å². The zero-order valence-corrected chi connectivity index (χ0v) is 16.4. The number of alkyl halides is 15. The molecule has 0 amide bonds. The molecule has 34 heavy (non-hydrogen) atoms. The number of aliphatic hydroxyl groups excluding tert-OH is 1. The van der Waals surface area contributed by atoms with Gasteiger partial charge in [0.2, 0.25) is 6.29 Å². The third-order valence-electron chi connectivity index (χ3n) is 4.05. The summed E-state index contributed by atoms with van der Waals surface area (Å²) in [5, 5.41) is 9.41. The van der Waals surface area contributed by atoms with Crippen molar-refractivity contribution in [2.24, 2.45) is 0 Å². The summed E-state index contributed by atoms with van der Waals surface area (Å²) in [6.07, 6.45) is -25.3. The fraction of sp³-hybridized carbons (Fsp3) is 0.800. The van der Waals surface area contributed by atoms with E-state index in [0.29, 0.717) is 7.11 Å². The largest absolute Gasteiger partial charge is 0.438 e. The first-order chi connectivity index (χ1) is 14.7. The minimum Gasteiger partial charge on any atom is -0.430 e. The van der Waals surface area contributed by atoms with E-state index in [-0.39, 0.29) is 0 Å². The molecular formula is C15H13F15O4. The van der Waals surface area contributed by atoms with Crippen LogP contribution in [0.4, 0.5) is 65.9 Å². The van der Waals surface area contributed by atoms with Gasteiger partial charge < -0.3 is 14.6 Å². The molecule has 0 aromatic heterocycles. The van der Waals surface area contributed by atoms with Crippen molar-refractivity contribution < 1.29 is 85.2 Å². The zero-order valence-electron chi connectivity index (χ0n) is 16.4. The molecule has 0 spiro atoms. The lowest BCUT2D eigenvalue weighted by Crippen LogP contribution is -2.75. The molecule has 4 nitrogen and oxygen atoms in total. The number of aliphatic hydroxyl groups is 1. The first-order valence-corrected chi connectivity index (χ1v) is 8.08. The molecule has 0 radical (unpaired) electrons. The van der Waals surface area contributed by atoms with E-state index < -0.39 is 72.1 Å². The number of halogens is 15. The lowest BCUT2D eigenvalue weighted by atomic mass is 9.85. The number of carbonyl (C=O) groups excluding carboxylic acids is 1. The standard InChI is InChI=1S/C15H13F15O4/c1-5(2)7(32)34-8(33-3)6(31)4-9(16,17)11(19,20)13(23,24)12(21,22)10(18,14(25,26)27)15(28,29)30/h6,8,31H,1,4H2,2-3H3. The van der Waals surface area contributed by atoms with Crippen LogP contribution in [0.15, 0.2) is 12.2 Å². The summed E-state index contributed by atoms with van der Waals surface area (Å²) in [4.78, 5) is 11.2. The minimum absolute atomic E-state index is 0.447. The molecule has 0 saturated carbocycles. The average molecular weight is 542 g/mol. The fourth-order valence-electron chi connectivity index (χ4n) is 2.14. The van der Waals surface area contributed by atoms with Crippen molar-refractivity contribution >= 4 is 5.97 Å². The van der Waals surface area contributed by atoms with Gasteiger partial charge in [0.15, 0.2) is 0 Å². The molecule has 202 valence electrons. The van der Waals surface area contributed by atoms with E-state index in [1.807, 2.05) is 0 Å². The predicted octanol–water partition coefficient (Wildman–Crippen LogP) is 5.20. The molecule has 0 aliphatic carbocycles. The maximum Gasteiger partial charge on any atom is 0.438 e. The summed E-state index contributed by atoms with van der Waals surface area (Å²) in [7, 11) is 0.447. The Hall–Kier alpha value is -1.92. The van der Waals surface area contributed by atoms with Crippen molar-refractivity contribution in [3.05, 3.63) is 12.2 Å². The number of hydrogen-bond donors (Lipinski definition) is 1. The Labute approximate surface area is 179 Å². The van der Waals surface area contributed by atoms with E-state index in [9.17, 15) is 75.8 Å². The van der Waals surface area contributed by atoms with Gasteiger partial charge in [-0.2, -0.15) is 61.5 Å². The van der Waals surface area contributed by atoms with Crippen molar-refractivity contribution in [3.63, 3.8) is 0 Å². The van der Waals surface area contributed by atoms with E-state index in [4.69, 9.17) is 0 Å². The molecule has 0 aliphatic heterocycles. The third kappa shape index (κ3) is 5.03. The van der Waals surface area contributed by atoms with Crippen LogP contribution < -0.4 is 0 Å². The lowest BCUT2D eigenvalue weighted by molar-refractivity contribution is -0.458. The van der Waals surface area contributed by atoms with Crippen molar-refractivity contribution in [2.45, 2.75) is 67.5 Å². The van der Waals surface area contributed by atoms with Crippen LogP contribution in [0.5, 0.6) is 0 Å². The van der Waals surface area contributed by atoms with Gasteiger partial charge in [-0.3, -0.25) is 0 Å². The number of ether oxygens (including phenoxy) is 2. The summed E-state index contributed by atoms with van der Waals surface area (Å²) >= 11 is 0. The van der Waals surface area contributed by atoms with Crippen LogP contribution in [0.2, 0.25) is 0 Å². The quantitative estimate of drug-likeness (QED) is 0.179. The topological polar surface area (TPSA) is 55.8 Å². The highest BCUT2D eigenvalue weighted by molar-refractivity contribution is 5.87. The van der Waals surface area contributed by atoms with Gasteiger partial charge in [0.25, 0.3) is 0 Å². The number of rotatable bonds is 10. The van der Waals surface area contributed by atoms with Crippen molar-refractivity contribution in [3.8, 4) is 0 Å². The molecule has 0 rings (SSSR count). The summed E-state index contributed by atoms with van der Waals surface area (Å²) in [6.45, 7) is 3.87. The summed E-state index contributed by atoms with van der Waals surface area (Å²) in [5.74, 6) is -33.1. The number of esters is 1. The van der Waals surface area contributed by atoms with Gasteiger partial charge in [0.05, 0.1) is 0 Å². The Bertz CT molecular complexity index is 742. The highest BCUT2D eigenvalue weighted by Gasteiger charge is 2.95. The van der Waals surface area contributed by atoms with E-state index in [1.54, 1.807) is 0 Å². The van der Waals surface area contributed by atoms with Crippen LogP contribution in [0, 0.1) is 0 Å². The Morgan fingerprint density at radius 2 is 1.18 bits per heavy atom. The molecule has 0 aliphatic rings. The maximum atomic E-state index is 13.8. The van der Waals surface area contributed by atoms with Crippen molar-refractivity contribution in [1.29, 1.82) is 0 Å². The molecule has 2 atom stereocenters. The summed E-state index contributed by atoms with van der Waals surface area (Å²) in [6, 6.07) is 0. The highest BCUT2D eigenvalue weighted by atomic mass is 19.4. The molecule has 2 unspecified atom stereocenters. The summed E-state index contributed by atoms with van der Waals surface area (Å²) < 4.78 is 206. The van der Waals surface area contributed by atoms with Gasteiger partial charge in [0.1, 0.15) is 6.10 Å². The lowest BCUT2D eigenvalue weighted by Gasteiger charge is -2.43. The second kappa shape index (κ2) is 9.27. The molecule has 0 heterocycles. The maximum absolute atomic E-state index is 13.8. The van der Waals surface area contributed by atoms with E-state index in [1.165, 1.54) is 0 Å². The molecule has 0 fully saturated rings. The molecular weight excluding hydrogens is 529 g/mol. The van der Waals surface area contributed by atoms with Gasteiger partial charge in [-0.15, -0.1) is 0 Å². The smallest absolute Gasteiger partial charge is 0.430 e. The van der Waals surface area contributed by atoms with E-state index in [0.717, 1.165) is 6.92 Å². The first-order valence-electron chi connectivity index (χ1n) is 8.08. The van der Waals surface area contributed by atoms with Gasteiger partial charge in [-0.05, 0) is 6.92 Å².